The number of hydrogen-bond donors (Lipinski definition) is 1. The van der Waals surface area contributed by atoms with E-state index >= 15 is 0 Å². The van der Waals surface area contributed by atoms with E-state index in [0.717, 1.165) is 25.4 Å². The second-order valence-corrected chi connectivity index (χ2v) is 7.26. The maximum absolute atomic E-state index is 12.5. The minimum Gasteiger partial charge on any atom is -0.342 e. The topological polar surface area (TPSA) is 32.3 Å². The number of rotatable bonds is 2. The molecule has 3 fully saturated rings. The number of amides is 1. The lowest BCUT2D eigenvalue weighted by Gasteiger charge is -2.37. The zero-order valence-electron chi connectivity index (χ0n) is 12.4. The van der Waals surface area contributed by atoms with Crippen LogP contribution in [0, 0.1) is 17.8 Å². The molecule has 3 aliphatic rings. The van der Waals surface area contributed by atoms with Crippen LogP contribution < -0.4 is 5.32 Å². The first-order chi connectivity index (χ1) is 9.11. The average Bonchev–Trinajstić information content (AvgIpc) is 2.72. The minimum atomic E-state index is 0.421. The van der Waals surface area contributed by atoms with Crippen molar-refractivity contribution in [1.82, 2.24) is 10.2 Å². The van der Waals surface area contributed by atoms with E-state index in [-0.39, 0.29) is 0 Å². The summed E-state index contributed by atoms with van der Waals surface area (Å²) in [5, 5.41) is 3.66. The highest BCUT2D eigenvalue weighted by molar-refractivity contribution is 5.76. The lowest BCUT2D eigenvalue weighted by atomic mass is 9.86. The molecule has 4 atom stereocenters. The van der Waals surface area contributed by atoms with Crippen molar-refractivity contribution >= 4 is 5.91 Å². The van der Waals surface area contributed by atoms with Gasteiger partial charge in [-0.2, -0.15) is 0 Å². The molecule has 0 radical (unpaired) electrons. The number of carbonyl (C=O) groups excluding carboxylic acids is 1. The van der Waals surface area contributed by atoms with Gasteiger partial charge in [0.1, 0.15) is 0 Å². The molecule has 3 heterocycles. The zero-order chi connectivity index (χ0) is 13.4. The third-order valence-electron chi connectivity index (χ3n) is 5.72. The first-order valence-electron chi connectivity index (χ1n) is 8.15. The Hall–Kier alpha value is -0.570. The van der Waals surface area contributed by atoms with E-state index < -0.39 is 0 Å². The molecular formula is C16H28N2O. The van der Waals surface area contributed by atoms with Crippen LogP contribution in [0.4, 0.5) is 0 Å². The molecule has 1 amide bonds. The molecule has 3 rings (SSSR count). The van der Waals surface area contributed by atoms with Crippen LogP contribution in [0.1, 0.15) is 52.4 Å². The van der Waals surface area contributed by atoms with Crippen molar-refractivity contribution in [1.29, 1.82) is 0 Å². The molecule has 2 bridgehead atoms. The minimum absolute atomic E-state index is 0.421. The standard InChI is InChI=1S/C16H28N2O/c1-11-5-6-18(10-12(11)2)16(19)9-13-7-14-3-4-15(8-13)17-14/h11-15,17H,3-10H2,1-2H3. The van der Waals surface area contributed by atoms with E-state index in [1.807, 2.05) is 0 Å². The van der Waals surface area contributed by atoms with Gasteiger partial charge in [0.2, 0.25) is 5.91 Å². The van der Waals surface area contributed by atoms with Gasteiger partial charge in [-0.1, -0.05) is 13.8 Å². The highest BCUT2D eigenvalue weighted by Gasteiger charge is 2.35. The number of hydrogen-bond acceptors (Lipinski definition) is 2. The van der Waals surface area contributed by atoms with Crippen molar-refractivity contribution in [2.24, 2.45) is 17.8 Å². The van der Waals surface area contributed by atoms with Gasteiger partial charge in [-0.05, 0) is 49.9 Å². The summed E-state index contributed by atoms with van der Waals surface area (Å²) < 4.78 is 0. The summed E-state index contributed by atoms with van der Waals surface area (Å²) in [5.74, 6) is 2.51. The smallest absolute Gasteiger partial charge is 0.222 e. The number of piperidine rings is 2. The van der Waals surface area contributed by atoms with E-state index in [1.54, 1.807) is 0 Å². The van der Waals surface area contributed by atoms with Crippen LogP contribution in [0.2, 0.25) is 0 Å². The fourth-order valence-corrected chi connectivity index (χ4v) is 4.21. The van der Waals surface area contributed by atoms with E-state index in [4.69, 9.17) is 0 Å². The fourth-order valence-electron chi connectivity index (χ4n) is 4.21. The summed E-state index contributed by atoms with van der Waals surface area (Å²) in [6.07, 6.45) is 7.09. The van der Waals surface area contributed by atoms with Crippen molar-refractivity contribution in [3.63, 3.8) is 0 Å². The highest BCUT2D eigenvalue weighted by atomic mass is 16.2. The van der Waals surface area contributed by atoms with Gasteiger partial charge in [0.25, 0.3) is 0 Å². The van der Waals surface area contributed by atoms with Gasteiger partial charge in [-0.15, -0.1) is 0 Å². The zero-order valence-corrected chi connectivity index (χ0v) is 12.4. The molecule has 1 N–H and O–H groups in total. The molecule has 0 aromatic rings. The number of fused-ring (bicyclic) bond motifs is 2. The Labute approximate surface area is 117 Å². The summed E-state index contributed by atoms with van der Waals surface area (Å²) in [6.45, 7) is 6.58. The maximum atomic E-state index is 12.5. The van der Waals surface area contributed by atoms with Crippen molar-refractivity contribution < 1.29 is 4.79 Å². The van der Waals surface area contributed by atoms with Crippen molar-refractivity contribution in [2.45, 2.75) is 64.5 Å². The molecule has 3 aliphatic heterocycles. The van der Waals surface area contributed by atoms with Crippen LogP contribution in [0.15, 0.2) is 0 Å². The number of nitrogens with one attached hydrogen (secondary N) is 1. The second-order valence-electron chi connectivity index (χ2n) is 7.26. The lowest BCUT2D eigenvalue weighted by molar-refractivity contribution is -0.134. The van der Waals surface area contributed by atoms with E-state index in [2.05, 4.69) is 24.1 Å². The summed E-state index contributed by atoms with van der Waals surface area (Å²) in [6, 6.07) is 1.41. The molecule has 0 aliphatic carbocycles. The Kier molecular flexibility index (Phi) is 3.84. The first-order valence-corrected chi connectivity index (χ1v) is 8.15. The van der Waals surface area contributed by atoms with Gasteiger partial charge < -0.3 is 10.2 Å². The van der Waals surface area contributed by atoms with Crippen LogP contribution in [0.5, 0.6) is 0 Å². The van der Waals surface area contributed by atoms with Gasteiger partial charge in [0.15, 0.2) is 0 Å². The van der Waals surface area contributed by atoms with Gasteiger partial charge in [0, 0.05) is 31.6 Å². The molecular weight excluding hydrogens is 236 g/mol. The molecule has 3 nitrogen and oxygen atoms in total. The predicted octanol–water partition coefficient (Wildman–Crippen LogP) is 2.41. The van der Waals surface area contributed by atoms with E-state index in [9.17, 15) is 4.79 Å². The van der Waals surface area contributed by atoms with Gasteiger partial charge in [-0.25, -0.2) is 0 Å². The number of nitrogens with zero attached hydrogens (tertiary/aromatic N) is 1. The van der Waals surface area contributed by atoms with Gasteiger partial charge in [-0.3, -0.25) is 4.79 Å². The summed E-state index contributed by atoms with van der Waals surface area (Å²) >= 11 is 0. The largest absolute Gasteiger partial charge is 0.342 e. The van der Waals surface area contributed by atoms with Crippen LogP contribution in [0.25, 0.3) is 0 Å². The Morgan fingerprint density at radius 1 is 1.11 bits per heavy atom. The third kappa shape index (κ3) is 2.96. The van der Waals surface area contributed by atoms with Crippen molar-refractivity contribution in [3.8, 4) is 0 Å². The SMILES string of the molecule is CC1CCN(C(=O)CC2CC3CCC(C2)N3)CC1C. The molecule has 19 heavy (non-hydrogen) atoms. The molecule has 108 valence electrons. The first kappa shape index (κ1) is 13.4. The van der Waals surface area contributed by atoms with Gasteiger partial charge in [0.05, 0.1) is 0 Å². The molecule has 0 aromatic carbocycles. The number of likely N-dealkylation sites (tertiary alicyclic amines) is 1. The van der Waals surface area contributed by atoms with Crippen LogP contribution in [-0.2, 0) is 4.79 Å². The van der Waals surface area contributed by atoms with Crippen LogP contribution >= 0.6 is 0 Å². The second kappa shape index (κ2) is 5.43. The van der Waals surface area contributed by atoms with Crippen molar-refractivity contribution in [3.05, 3.63) is 0 Å². The molecule has 0 spiro atoms. The van der Waals surface area contributed by atoms with E-state index in [1.165, 1.54) is 32.1 Å². The van der Waals surface area contributed by atoms with Gasteiger partial charge >= 0.3 is 0 Å². The monoisotopic (exact) mass is 264 g/mol. The predicted molar refractivity (Wildman–Crippen MR) is 76.8 cm³/mol. The Balaban J connectivity index is 1.51. The molecule has 0 aromatic heterocycles. The highest BCUT2D eigenvalue weighted by Crippen LogP contribution is 2.33. The fraction of sp³-hybridized carbons (Fsp3) is 0.938. The van der Waals surface area contributed by atoms with E-state index in [0.29, 0.717) is 29.8 Å². The Morgan fingerprint density at radius 2 is 1.79 bits per heavy atom. The molecule has 3 heteroatoms. The quantitative estimate of drug-likeness (QED) is 0.830. The lowest BCUT2D eigenvalue weighted by Crippen LogP contribution is -2.44. The summed E-state index contributed by atoms with van der Waals surface area (Å²) in [5.41, 5.74) is 0. The molecule has 3 saturated heterocycles. The summed E-state index contributed by atoms with van der Waals surface area (Å²) in [7, 11) is 0. The third-order valence-corrected chi connectivity index (χ3v) is 5.72. The van der Waals surface area contributed by atoms with Crippen molar-refractivity contribution in [2.75, 3.05) is 13.1 Å². The van der Waals surface area contributed by atoms with Crippen LogP contribution in [-0.4, -0.2) is 36.0 Å². The Morgan fingerprint density at radius 3 is 2.42 bits per heavy atom. The average molecular weight is 264 g/mol. The van der Waals surface area contributed by atoms with Crippen LogP contribution in [0.3, 0.4) is 0 Å². The molecule has 0 saturated carbocycles. The maximum Gasteiger partial charge on any atom is 0.222 e. The Bertz CT molecular complexity index is 332. The summed E-state index contributed by atoms with van der Waals surface area (Å²) in [4.78, 5) is 14.6. The normalized spacial score (nSPS) is 42.4. The number of carbonyl (C=O) groups is 1. The molecule has 4 unspecified atom stereocenters.